The fraction of sp³-hybridized carbons (Fsp3) is 0.294. The van der Waals surface area contributed by atoms with Crippen molar-refractivity contribution in [2.24, 2.45) is 0 Å². The van der Waals surface area contributed by atoms with Gasteiger partial charge in [-0.05, 0) is 31.5 Å². The highest BCUT2D eigenvalue weighted by molar-refractivity contribution is 7.15. The van der Waals surface area contributed by atoms with Crippen molar-refractivity contribution in [2.45, 2.75) is 19.9 Å². The molecule has 3 aromatic heterocycles. The van der Waals surface area contributed by atoms with E-state index >= 15 is 0 Å². The molecule has 0 N–H and O–H groups in total. The third-order valence-corrected chi connectivity index (χ3v) is 5.54. The maximum atomic E-state index is 12.2. The molecule has 0 radical (unpaired) electrons. The maximum Gasteiger partial charge on any atom is 0.242 e. The number of amides is 1. The van der Waals surface area contributed by atoms with Crippen LogP contribution in [-0.4, -0.2) is 33.4 Å². The topological polar surface area (TPSA) is 38.1 Å². The summed E-state index contributed by atoms with van der Waals surface area (Å²) in [6, 6.07) is 6.27. The Morgan fingerprint density at radius 3 is 2.87 bits per heavy atom. The van der Waals surface area contributed by atoms with Crippen molar-refractivity contribution in [2.75, 3.05) is 13.1 Å². The lowest BCUT2D eigenvalue weighted by molar-refractivity contribution is -0.135. The first kappa shape index (κ1) is 14.7. The van der Waals surface area contributed by atoms with Crippen molar-refractivity contribution in [1.82, 2.24) is 14.5 Å². The van der Waals surface area contributed by atoms with Gasteiger partial charge in [-0.1, -0.05) is 11.6 Å². The monoisotopic (exact) mass is 345 g/mol. The average Bonchev–Trinajstić information content (AvgIpc) is 3.02. The zero-order valence-electron chi connectivity index (χ0n) is 12.8. The molecule has 0 saturated carbocycles. The number of aromatic nitrogens is 2. The molecule has 3 aromatic rings. The number of hydrogen-bond donors (Lipinski definition) is 0. The Hall–Kier alpha value is -1.85. The normalized spacial score (nSPS) is 14.3. The van der Waals surface area contributed by atoms with Gasteiger partial charge in [0.25, 0.3) is 0 Å². The molecule has 0 unspecified atom stereocenters. The van der Waals surface area contributed by atoms with Crippen LogP contribution in [-0.2, 0) is 11.3 Å². The number of carbonyl (C=O) groups is 1. The van der Waals surface area contributed by atoms with Crippen LogP contribution in [0.5, 0.6) is 0 Å². The molecule has 0 atom stereocenters. The molecule has 0 aliphatic carbocycles. The summed E-state index contributed by atoms with van der Waals surface area (Å²) >= 11 is 8.02. The zero-order valence-corrected chi connectivity index (χ0v) is 14.3. The fourth-order valence-corrected chi connectivity index (χ4v) is 3.90. The van der Waals surface area contributed by atoms with E-state index in [4.69, 9.17) is 11.6 Å². The lowest BCUT2D eigenvalue weighted by Crippen LogP contribution is -2.43. The van der Waals surface area contributed by atoms with Crippen LogP contribution < -0.4 is 0 Å². The van der Waals surface area contributed by atoms with E-state index in [1.54, 1.807) is 17.5 Å². The third kappa shape index (κ3) is 2.64. The first-order chi connectivity index (χ1) is 11.1. The van der Waals surface area contributed by atoms with Crippen LogP contribution >= 0.6 is 22.9 Å². The molecular weight excluding hydrogens is 330 g/mol. The largest absolute Gasteiger partial charge is 0.341 e. The number of aryl methyl sites for hydroxylation is 1. The minimum Gasteiger partial charge on any atom is -0.341 e. The summed E-state index contributed by atoms with van der Waals surface area (Å²) in [6.45, 7) is 4.14. The van der Waals surface area contributed by atoms with Crippen LogP contribution in [0.15, 0.2) is 30.6 Å². The summed E-state index contributed by atoms with van der Waals surface area (Å²) in [4.78, 5) is 21.1. The second kappa shape index (κ2) is 5.65. The van der Waals surface area contributed by atoms with Gasteiger partial charge in [0.1, 0.15) is 12.1 Å². The Kier molecular flexibility index (Phi) is 3.62. The van der Waals surface area contributed by atoms with Crippen molar-refractivity contribution >= 4 is 39.9 Å². The number of rotatable bonds is 3. The molecule has 1 aliphatic rings. The molecule has 1 saturated heterocycles. The standard InChI is InChI=1S/C17H16ClN3OS/c1-11-3-4-15(23-11)12-7-14-17(19-8-12)13(18)9-21(14)10-16(22)20-5-2-6-20/h3-4,7-9H,2,5-6,10H2,1H3. The fourth-order valence-electron chi connectivity index (χ4n) is 2.79. The number of halogens is 1. The van der Waals surface area contributed by atoms with E-state index in [0.717, 1.165) is 36.1 Å². The smallest absolute Gasteiger partial charge is 0.242 e. The Morgan fingerprint density at radius 1 is 1.39 bits per heavy atom. The molecule has 0 aromatic carbocycles. The predicted molar refractivity (Wildman–Crippen MR) is 94.0 cm³/mol. The molecule has 23 heavy (non-hydrogen) atoms. The Labute approximate surface area is 143 Å². The van der Waals surface area contributed by atoms with Gasteiger partial charge in [0.05, 0.1) is 10.5 Å². The SMILES string of the molecule is Cc1ccc(-c2cnc3c(Cl)cn(CC(=O)N4CCC4)c3c2)s1. The van der Waals surface area contributed by atoms with Gasteiger partial charge in [-0.25, -0.2) is 0 Å². The number of nitrogens with zero attached hydrogens (tertiary/aromatic N) is 3. The second-order valence-corrected chi connectivity index (χ2v) is 7.54. The molecule has 0 bridgehead atoms. The summed E-state index contributed by atoms with van der Waals surface area (Å²) in [6.07, 6.45) is 4.75. The van der Waals surface area contributed by atoms with Crippen LogP contribution in [0, 0.1) is 6.92 Å². The molecule has 6 heteroatoms. The van der Waals surface area contributed by atoms with E-state index in [-0.39, 0.29) is 5.91 Å². The Balaban J connectivity index is 1.73. The van der Waals surface area contributed by atoms with Gasteiger partial charge in [0, 0.05) is 40.8 Å². The van der Waals surface area contributed by atoms with E-state index < -0.39 is 0 Å². The Morgan fingerprint density at radius 2 is 2.22 bits per heavy atom. The highest BCUT2D eigenvalue weighted by Crippen LogP contribution is 2.32. The van der Waals surface area contributed by atoms with E-state index in [9.17, 15) is 4.79 Å². The van der Waals surface area contributed by atoms with Gasteiger partial charge in [0.2, 0.25) is 5.91 Å². The summed E-state index contributed by atoms with van der Waals surface area (Å²) in [5.74, 6) is 0.141. The minimum absolute atomic E-state index is 0.141. The molecule has 1 aliphatic heterocycles. The number of fused-ring (bicyclic) bond motifs is 1. The average molecular weight is 346 g/mol. The lowest BCUT2D eigenvalue weighted by atomic mass is 10.2. The predicted octanol–water partition coefficient (Wildman–Crippen LogP) is 3.96. The minimum atomic E-state index is 0.141. The number of hydrogen-bond acceptors (Lipinski definition) is 3. The van der Waals surface area contributed by atoms with Crippen molar-refractivity contribution < 1.29 is 4.79 Å². The van der Waals surface area contributed by atoms with E-state index in [1.807, 2.05) is 15.7 Å². The molecule has 118 valence electrons. The Bertz CT molecular complexity index is 895. The van der Waals surface area contributed by atoms with Crippen molar-refractivity contribution in [3.8, 4) is 10.4 Å². The van der Waals surface area contributed by atoms with Gasteiger partial charge < -0.3 is 9.47 Å². The van der Waals surface area contributed by atoms with Gasteiger partial charge in [-0.3, -0.25) is 9.78 Å². The first-order valence-electron chi connectivity index (χ1n) is 7.61. The molecule has 1 fully saturated rings. The second-order valence-electron chi connectivity index (χ2n) is 5.84. The van der Waals surface area contributed by atoms with E-state index in [1.165, 1.54) is 9.75 Å². The highest BCUT2D eigenvalue weighted by Gasteiger charge is 2.21. The molecule has 0 spiro atoms. The molecule has 4 nitrogen and oxygen atoms in total. The summed E-state index contributed by atoms with van der Waals surface area (Å²) in [5.41, 5.74) is 2.72. The number of likely N-dealkylation sites (tertiary alicyclic amines) is 1. The van der Waals surface area contributed by atoms with Crippen LogP contribution in [0.4, 0.5) is 0 Å². The van der Waals surface area contributed by atoms with Crippen LogP contribution in [0.25, 0.3) is 21.5 Å². The number of pyridine rings is 1. The van der Waals surface area contributed by atoms with Crippen LogP contribution in [0.2, 0.25) is 5.02 Å². The van der Waals surface area contributed by atoms with Crippen LogP contribution in [0.1, 0.15) is 11.3 Å². The summed E-state index contributed by atoms with van der Waals surface area (Å²) < 4.78 is 1.91. The van der Waals surface area contributed by atoms with Gasteiger partial charge in [0.15, 0.2) is 0 Å². The van der Waals surface area contributed by atoms with Crippen molar-refractivity contribution in [3.05, 3.63) is 40.5 Å². The van der Waals surface area contributed by atoms with Crippen molar-refractivity contribution in [1.29, 1.82) is 0 Å². The van der Waals surface area contributed by atoms with Gasteiger partial charge >= 0.3 is 0 Å². The van der Waals surface area contributed by atoms with E-state index in [0.29, 0.717) is 11.6 Å². The van der Waals surface area contributed by atoms with Crippen LogP contribution in [0.3, 0.4) is 0 Å². The summed E-state index contributed by atoms with van der Waals surface area (Å²) in [5, 5.41) is 0.588. The molecule has 4 heterocycles. The van der Waals surface area contributed by atoms with Gasteiger partial charge in [-0.15, -0.1) is 11.3 Å². The quantitative estimate of drug-likeness (QED) is 0.720. The number of thiophene rings is 1. The molecule has 1 amide bonds. The maximum absolute atomic E-state index is 12.2. The first-order valence-corrected chi connectivity index (χ1v) is 8.80. The van der Waals surface area contributed by atoms with E-state index in [2.05, 4.69) is 30.1 Å². The van der Waals surface area contributed by atoms with Gasteiger partial charge in [-0.2, -0.15) is 0 Å². The third-order valence-electron chi connectivity index (χ3n) is 4.21. The number of carbonyl (C=O) groups excluding carboxylic acids is 1. The molecular formula is C17H16ClN3OS. The lowest BCUT2D eigenvalue weighted by Gasteiger charge is -2.31. The molecule has 4 rings (SSSR count). The zero-order chi connectivity index (χ0) is 16.0. The van der Waals surface area contributed by atoms with Crippen molar-refractivity contribution in [3.63, 3.8) is 0 Å². The highest BCUT2D eigenvalue weighted by atomic mass is 35.5. The summed E-state index contributed by atoms with van der Waals surface area (Å²) in [7, 11) is 0.